The number of benzene rings is 1. The van der Waals surface area contributed by atoms with Crippen LogP contribution in [0.2, 0.25) is 0 Å². The SMILES string of the molecule is COc1cc(Cn2cc(CBr)nn2)ccc1OC(F)F. The highest BCUT2D eigenvalue weighted by Gasteiger charge is 2.11. The average Bonchev–Trinajstić information content (AvgIpc) is 2.87. The Labute approximate surface area is 122 Å². The van der Waals surface area contributed by atoms with Gasteiger partial charge in [-0.05, 0) is 17.7 Å². The molecular weight excluding hydrogens is 336 g/mol. The molecule has 0 saturated heterocycles. The summed E-state index contributed by atoms with van der Waals surface area (Å²) in [4.78, 5) is 0. The van der Waals surface area contributed by atoms with E-state index in [1.54, 1.807) is 23.0 Å². The van der Waals surface area contributed by atoms with Crippen molar-refractivity contribution in [2.75, 3.05) is 7.11 Å². The van der Waals surface area contributed by atoms with Crippen LogP contribution in [0.25, 0.3) is 0 Å². The highest BCUT2D eigenvalue weighted by atomic mass is 79.9. The minimum Gasteiger partial charge on any atom is -0.493 e. The number of rotatable bonds is 6. The van der Waals surface area contributed by atoms with E-state index in [-0.39, 0.29) is 11.5 Å². The first-order valence-electron chi connectivity index (χ1n) is 5.69. The molecule has 0 saturated carbocycles. The summed E-state index contributed by atoms with van der Waals surface area (Å²) >= 11 is 3.29. The molecule has 0 bridgehead atoms. The van der Waals surface area contributed by atoms with Gasteiger partial charge in [-0.1, -0.05) is 27.2 Å². The lowest BCUT2D eigenvalue weighted by Crippen LogP contribution is -2.05. The molecule has 5 nitrogen and oxygen atoms in total. The number of halogens is 3. The molecule has 0 aliphatic carbocycles. The quantitative estimate of drug-likeness (QED) is 0.754. The van der Waals surface area contributed by atoms with E-state index in [9.17, 15) is 8.78 Å². The molecule has 0 spiro atoms. The zero-order valence-corrected chi connectivity index (χ0v) is 12.2. The topological polar surface area (TPSA) is 49.2 Å². The van der Waals surface area contributed by atoms with E-state index in [0.29, 0.717) is 11.9 Å². The van der Waals surface area contributed by atoms with E-state index >= 15 is 0 Å². The summed E-state index contributed by atoms with van der Waals surface area (Å²) in [6.45, 7) is -2.42. The smallest absolute Gasteiger partial charge is 0.387 e. The fourth-order valence-corrected chi connectivity index (χ4v) is 1.92. The second-order valence-corrected chi connectivity index (χ2v) is 4.47. The highest BCUT2D eigenvalue weighted by Crippen LogP contribution is 2.29. The van der Waals surface area contributed by atoms with Gasteiger partial charge in [-0.2, -0.15) is 8.78 Å². The Morgan fingerprint density at radius 2 is 2.15 bits per heavy atom. The van der Waals surface area contributed by atoms with Crippen molar-refractivity contribution in [1.82, 2.24) is 15.0 Å². The average molecular weight is 348 g/mol. The van der Waals surface area contributed by atoms with Crippen LogP contribution in [0.1, 0.15) is 11.3 Å². The van der Waals surface area contributed by atoms with Crippen molar-refractivity contribution >= 4 is 15.9 Å². The van der Waals surface area contributed by atoms with Gasteiger partial charge in [-0.15, -0.1) is 5.10 Å². The van der Waals surface area contributed by atoms with Crippen LogP contribution in [-0.2, 0) is 11.9 Å². The third-order valence-electron chi connectivity index (χ3n) is 2.51. The number of hydrogen-bond acceptors (Lipinski definition) is 4. The fourth-order valence-electron chi connectivity index (χ4n) is 1.67. The predicted molar refractivity (Wildman–Crippen MR) is 71.4 cm³/mol. The molecule has 0 atom stereocenters. The van der Waals surface area contributed by atoms with Crippen molar-refractivity contribution in [1.29, 1.82) is 0 Å². The lowest BCUT2D eigenvalue weighted by molar-refractivity contribution is -0.0512. The summed E-state index contributed by atoms with van der Waals surface area (Å²) in [5.41, 5.74) is 1.66. The van der Waals surface area contributed by atoms with Crippen LogP contribution >= 0.6 is 15.9 Å². The monoisotopic (exact) mass is 347 g/mol. The van der Waals surface area contributed by atoms with E-state index < -0.39 is 6.61 Å². The molecule has 0 aliphatic heterocycles. The van der Waals surface area contributed by atoms with Crippen LogP contribution in [0.5, 0.6) is 11.5 Å². The Morgan fingerprint density at radius 3 is 2.75 bits per heavy atom. The van der Waals surface area contributed by atoms with E-state index in [1.165, 1.54) is 13.2 Å². The van der Waals surface area contributed by atoms with Gasteiger partial charge in [0.25, 0.3) is 0 Å². The summed E-state index contributed by atoms with van der Waals surface area (Å²) in [6.07, 6.45) is 1.80. The molecule has 8 heteroatoms. The third kappa shape index (κ3) is 3.66. The number of hydrogen-bond donors (Lipinski definition) is 0. The van der Waals surface area contributed by atoms with Crippen molar-refractivity contribution in [3.05, 3.63) is 35.7 Å². The van der Waals surface area contributed by atoms with Gasteiger partial charge in [-0.3, -0.25) is 0 Å². The molecule has 0 fully saturated rings. The summed E-state index contributed by atoms with van der Waals surface area (Å²) in [6, 6.07) is 4.76. The van der Waals surface area contributed by atoms with Crippen LogP contribution < -0.4 is 9.47 Å². The van der Waals surface area contributed by atoms with Crippen LogP contribution in [0.3, 0.4) is 0 Å². The molecule has 1 aromatic carbocycles. The summed E-state index contributed by atoms with van der Waals surface area (Å²) < 4.78 is 35.5. The lowest BCUT2D eigenvalue weighted by atomic mass is 10.2. The second kappa shape index (κ2) is 6.65. The third-order valence-corrected chi connectivity index (χ3v) is 3.09. The van der Waals surface area contributed by atoms with Gasteiger partial charge in [0.15, 0.2) is 11.5 Å². The molecule has 0 amide bonds. The molecule has 0 radical (unpaired) electrons. The number of nitrogens with zero attached hydrogens (tertiary/aromatic N) is 3. The zero-order chi connectivity index (χ0) is 14.5. The molecule has 2 aromatic rings. The first-order valence-corrected chi connectivity index (χ1v) is 6.81. The van der Waals surface area contributed by atoms with Gasteiger partial charge in [0.2, 0.25) is 0 Å². The van der Waals surface area contributed by atoms with Gasteiger partial charge >= 0.3 is 6.61 Å². The Hall–Kier alpha value is -1.70. The maximum Gasteiger partial charge on any atom is 0.387 e. The summed E-state index contributed by atoms with van der Waals surface area (Å²) in [7, 11) is 1.40. The maximum atomic E-state index is 12.2. The fraction of sp³-hybridized carbons (Fsp3) is 0.333. The molecule has 0 unspecified atom stereocenters. The zero-order valence-electron chi connectivity index (χ0n) is 10.6. The van der Waals surface area contributed by atoms with Gasteiger partial charge in [0.05, 0.1) is 19.3 Å². The Morgan fingerprint density at radius 1 is 1.35 bits per heavy atom. The van der Waals surface area contributed by atoms with Gasteiger partial charge in [0.1, 0.15) is 0 Å². The number of aromatic nitrogens is 3. The van der Waals surface area contributed by atoms with Crippen molar-refractivity contribution in [3.8, 4) is 11.5 Å². The lowest BCUT2D eigenvalue weighted by Gasteiger charge is -2.11. The standard InChI is InChI=1S/C12H12BrF2N3O2/c1-19-11-4-8(2-3-10(11)20-12(14)15)6-18-7-9(5-13)16-17-18/h2-4,7,12H,5-6H2,1H3. The summed E-state index contributed by atoms with van der Waals surface area (Å²) in [5, 5.41) is 8.52. The van der Waals surface area contributed by atoms with E-state index in [4.69, 9.17) is 4.74 Å². The number of methoxy groups -OCH3 is 1. The van der Waals surface area contributed by atoms with Crippen molar-refractivity contribution < 1.29 is 18.3 Å². The van der Waals surface area contributed by atoms with Crippen LogP contribution in [0.15, 0.2) is 24.4 Å². The Bertz CT molecular complexity index is 578. The Kier molecular flexibility index (Phi) is 4.89. The van der Waals surface area contributed by atoms with Crippen LogP contribution in [-0.4, -0.2) is 28.7 Å². The molecule has 0 N–H and O–H groups in total. The first kappa shape index (κ1) is 14.7. The van der Waals surface area contributed by atoms with Gasteiger partial charge < -0.3 is 9.47 Å². The van der Waals surface area contributed by atoms with E-state index in [0.717, 1.165) is 11.3 Å². The number of alkyl halides is 3. The van der Waals surface area contributed by atoms with Crippen molar-refractivity contribution in [3.63, 3.8) is 0 Å². The van der Waals surface area contributed by atoms with Gasteiger partial charge in [0, 0.05) is 11.5 Å². The second-order valence-electron chi connectivity index (χ2n) is 3.90. The molecule has 1 aromatic heterocycles. The maximum absolute atomic E-state index is 12.2. The largest absolute Gasteiger partial charge is 0.493 e. The molecule has 0 aliphatic rings. The normalized spacial score (nSPS) is 10.8. The molecule has 1 heterocycles. The molecule has 2 rings (SSSR count). The van der Waals surface area contributed by atoms with Crippen LogP contribution in [0.4, 0.5) is 8.78 Å². The molecule has 108 valence electrons. The number of ether oxygens (including phenoxy) is 2. The molecule has 20 heavy (non-hydrogen) atoms. The van der Waals surface area contributed by atoms with E-state index in [1.807, 2.05) is 0 Å². The highest BCUT2D eigenvalue weighted by molar-refractivity contribution is 9.08. The van der Waals surface area contributed by atoms with Crippen molar-refractivity contribution in [2.24, 2.45) is 0 Å². The molecular formula is C12H12BrF2N3O2. The van der Waals surface area contributed by atoms with E-state index in [2.05, 4.69) is 31.0 Å². The Balaban J connectivity index is 2.16. The minimum atomic E-state index is -2.88. The van der Waals surface area contributed by atoms with Gasteiger partial charge in [-0.25, -0.2) is 4.68 Å². The predicted octanol–water partition coefficient (Wildman–Crippen LogP) is 2.83. The summed E-state index contributed by atoms with van der Waals surface area (Å²) in [5.74, 6) is 0.259. The first-order chi connectivity index (χ1) is 9.62. The van der Waals surface area contributed by atoms with Crippen molar-refractivity contribution in [2.45, 2.75) is 18.5 Å². The minimum absolute atomic E-state index is 0.00554. The van der Waals surface area contributed by atoms with Crippen LogP contribution in [0, 0.1) is 0 Å².